The van der Waals surface area contributed by atoms with Gasteiger partial charge in [0.2, 0.25) is 0 Å². The molecule has 2 aromatic carbocycles. The molecule has 0 aliphatic heterocycles. The molecule has 0 spiro atoms. The van der Waals surface area contributed by atoms with Crippen LogP contribution in [0.15, 0.2) is 85.1 Å². The lowest BCUT2D eigenvalue weighted by atomic mass is 10.2. The summed E-state index contributed by atoms with van der Waals surface area (Å²) in [5.74, 6) is 7.32. The van der Waals surface area contributed by atoms with E-state index in [0.29, 0.717) is 0 Å². The zero-order chi connectivity index (χ0) is 15.5. The highest BCUT2D eigenvalue weighted by atomic mass is 15.0. The van der Waals surface area contributed by atoms with E-state index < -0.39 is 0 Å². The molecule has 2 aromatic heterocycles. The van der Waals surface area contributed by atoms with Gasteiger partial charge in [-0.2, -0.15) is 0 Å². The summed E-state index contributed by atoms with van der Waals surface area (Å²) in [6, 6.07) is 26.2. The summed E-state index contributed by atoms with van der Waals surface area (Å²) in [5, 5.41) is 0. The Morgan fingerprint density at radius 1 is 0.696 bits per heavy atom. The second-order valence-electron chi connectivity index (χ2n) is 5.22. The van der Waals surface area contributed by atoms with Gasteiger partial charge in [-0.25, -0.2) is 4.98 Å². The standard InChI is InChI=1S/C21H14N2/c1-3-9-17(10-4-1)14-15-19-20-13-7-8-16-23(20)21(22-19)18-11-5-2-6-12-18/h1-13,16H. The van der Waals surface area contributed by atoms with Crippen molar-refractivity contribution < 1.29 is 0 Å². The van der Waals surface area contributed by atoms with Crippen molar-refractivity contribution in [3.63, 3.8) is 0 Å². The van der Waals surface area contributed by atoms with Crippen LogP contribution in [0.5, 0.6) is 0 Å². The fourth-order valence-corrected chi connectivity index (χ4v) is 2.57. The molecular formula is C21H14N2. The summed E-state index contributed by atoms with van der Waals surface area (Å²) < 4.78 is 2.09. The van der Waals surface area contributed by atoms with Gasteiger partial charge >= 0.3 is 0 Å². The van der Waals surface area contributed by atoms with Crippen LogP contribution in [-0.2, 0) is 0 Å². The monoisotopic (exact) mass is 294 g/mol. The lowest BCUT2D eigenvalue weighted by Crippen LogP contribution is -1.87. The number of benzene rings is 2. The Morgan fingerprint density at radius 2 is 1.39 bits per heavy atom. The maximum absolute atomic E-state index is 4.76. The smallest absolute Gasteiger partial charge is 0.146 e. The van der Waals surface area contributed by atoms with Gasteiger partial charge in [-0.15, -0.1) is 0 Å². The molecule has 0 fully saturated rings. The Balaban J connectivity index is 1.87. The van der Waals surface area contributed by atoms with Gasteiger partial charge in [-0.1, -0.05) is 60.5 Å². The van der Waals surface area contributed by atoms with E-state index in [2.05, 4.69) is 34.4 Å². The van der Waals surface area contributed by atoms with Crippen LogP contribution in [0.2, 0.25) is 0 Å². The van der Waals surface area contributed by atoms with Crippen molar-refractivity contribution >= 4 is 5.52 Å². The van der Waals surface area contributed by atoms with Crippen molar-refractivity contribution in [2.45, 2.75) is 0 Å². The van der Waals surface area contributed by atoms with E-state index in [1.165, 1.54) is 0 Å². The van der Waals surface area contributed by atoms with Gasteiger partial charge in [0.25, 0.3) is 0 Å². The van der Waals surface area contributed by atoms with Gasteiger partial charge in [0.15, 0.2) is 0 Å². The predicted octanol–water partition coefficient (Wildman–Crippen LogP) is 4.40. The Labute approximate surface area is 135 Å². The second-order valence-corrected chi connectivity index (χ2v) is 5.22. The molecule has 0 aliphatic carbocycles. The Morgan fingerprint density at radius 3 is 2.17 bits per heavy atom. The Bertz CT molecular complexity index is 1000. The Kier molecular flexibility index (Phi) is 3.38. The van der Waals surface area contributed by atoms with Crippen LogP contribution >= 0.6 is 0 Å². The lowest BCUT2D eigenvalue weighted by molar-refractivity contribution is 1.16. The number of hydrogen-bond acceptors (Lipinski definition) is 1. The topological polar surface area (TPSA) is 17.3 Å². The summed E-state index contributed by atoms with van der Waals surface area (Å²) in [6.45, 7) is 0. The maximum atomic E-state index is 4.76. The third-order valence-electron chi connectivity index (χ3n) is 3.68. The molecule has 2 nitrogen and oxygen atoms in total. The molecule has 0 radical (unpaired) electrons. The van der Waals surface area contributed by atoms with Crippen molar-refractivity contribution in [1.82, 2.24) is 9.38 Å². The van der Waals surface area contributed by atoms with Crippen molar-refractivity contribution in [2.75, 3.05) is 0 Å². The van der Waals surface area contributed by atoms with Crippen molar-refractivity contribution in [1.29, 1.82) is 0 Å². The van der Waals surface area contributed by atoms with Crippen LogP contribution in [0, 0.1) is 11.8 Å². The largest absolute Gasteiger partial charge is 0.298 e. The highest BCUT2D eigenvalue weighted by molar-refractivity contribution is 5.69. The van der Waals surface area contributed by atoms with Gasteiger partial charge in [0.1, 0.15) is 11.5 Å². The minimum atomic E-state index is 0.799. The molecule has 4 aromatic rings. The molecule has 0 amide bonds. The zero-order valence-corrected chi connectivity index (χ0v) is 12.5. The third kappa shape index (κ3) is 2.61. The fourth-order valence-electron chi connectivity index (χ4n) is 2.57. The van der Waals surface area contributed by atoms with Gasteiger partial charge in [-0.05, 0) is 30.2 Å². The molecule has 23 heavy (non-hydrogen) atoms. The summed E-state index contributed by atoms with van der Waals surface area (Å²) in [7, 11) is 0. The molecule has 0 atom stereocenters. The molecule has 0 N–H and O–H groups in total. The van der Waals surface area contributed by atoms with E-state index >= 15 is 0 Å². The Hall–Kier alpha value is -3.31. The van der Waals surface area contributed by atoms with Crippen LogP contribution in [-0.4, -0.2) is 9.38 Å². The van der Waals surface area contributed by atoms with Crippen molar-refractivity contribution in [3.8, 4) is 23.2 Å². The van der Waals surface area contributed by atoms with Gasteiger partial charge in [-0.3, -0.25) is 4.40 Å². The molecule has 0 unspecified atom stereocenters. The molecule has 0 aliphatic rings. The van der Waals surface area contributed by atoms with E-state index in [9.17, 15) is 0 Å². The van der Waals surface area contributed by atoms with Crippen molar-refractivity contribution in [2.24, 2.45) is 0 Å². The van der Waals surface area contributed by atoms with E-state index in [0.717, 1.165) is 28.2 Å². The first-order chi connectivity index (χ1) is 11.4. The van der Waals surface area contributed by atoms with E-state index in [1.54, 1.807) is 0 Å². The normalized spacial score (nSPS) is 10.3. The first kappa shape index (κ1) is 13.4. The summed E-state index contributed by atoms with van der Waals surface area (Å²) in [5.41, 5.74) is 3.90. The molecule has 2 heteroatoms. The molecule has 108 valence electrons. The number of aromatic nitrogens is 2. The fraction of sp³-hybridized carbons (Fsp3) is 0. The maximum Gasteiger partial charge on any atom is 0.146 e. The summed E-state index contributed by atoms with van der Waals surface area (Å²) >= 11 is 0. The summed E-state index contributed by atoms with van der Waals surface area (Å²) in [4.78, 5) is 4.76. The highest BCUT2D eigenvalue weighted by Gasteiger charge is 2.10. The third-order valence-corrected chi connectivity index (χ3v) is 3.68. The minimum Gasteiger partial charge on any atom is -0.298 e. The SMILES string of the molecule is C(#Cc1nc(-c2ccccc2)n2ccccc12)c1ccccc1. The van der Waals surface area contributed by atoms with E-state index in [4.69, 9.17) is 4.98 Å². The summed E-state index contributed by atoms with van der Waals surface area (Å²) in [6.07, 6.45) is 2.03. The van der Waals surface area contributed by atoms with Crippen LogP contribution in [0.4, 0.5) is 0 Å². The van der Waals surface area contributed by atoms with Gasteiger partial charge in [0, 0.05) is 17.3 Å². The minimum absolute atomic E-state index is 0.799. The number of nitrogens with zero attached hydrogens (tertiary/aromatic N) is 2. The number of imidazole rings is 1. The molecular weight excluding hydrogens is 280 g/mol. The first-order valence-electron chi connectivity index (χ1n) is 7.51. The highest BCUT2D eigenvalue weighted by Crippen LogP contribution is 2.22. The zero-order valence-electron chi connectivity index (χ0n) is 12.5. The molecule has 0 bridgehead atoms. The van der Waals surface area contributed by atoms with Crippen LogP contribution in [0.1, 0.15) is 11.3 Å². The number of hydrogen-bond donors (Lipinski definition) is 0. The number of pyridine rings is 1. The van der Waals surface area contributed by atoms with Crippen LogP contribution < -0.4 is 0 Å². The quantitative estimate of drug-likeness (QED) is 0.476. The number of fused-ring (bicyclic) bond motifs is 1. The van der Waals surface area contributed by atoms with Gasteiger partial charge < -0.3 is 0 Å². The van der Waals surface area contributed by atoms with Gasteiger partial charge in [0.05, 0.1) is 5.52 Å². The lowest BCUT2D eigenvalue weighted by Gasteiger charge is -1.99. The second kappa shape index (κ2) is 5.82. The average molecular weight is 294 g/mol. The average Bonchev–Trinajstić information content (AvgIpc) is 3.01. The van der Waals surface area contributed by atoms with E-state index in [-0.39, 0.29) is 0 Å². The molecule has 0 saturated heterocycles. The molecule has 4 rings (SSSR count). The molecule has 0 saturated carbocycles. The van der Waals surface area contributed by atoms with Crippen LogP contribution in [0.25, 0.3) is 16.9 Å². The first-order valence-corrected chi connectivity index (χ1v) is 7.51. The van der Waals surface area contributed by atoms with Crippen LogP contribution in [0.3, 0.4) is 0 Å². The number of rotatable bonds is 1. The van der Waals surface area contributed by atoms with E-state index in [1.807, 2.05) is 66.9 Å². The molecule has 2 heterocycles. The van der Waals surface area contributed by atoms with Crippen molar-refractivity contribution in [3.05, 3.63) is 96.3 Å². The predicted molar refractivity (Wildman–Crippen MR) is 93.1 cm³/mol.